The van der Waals surface area contributed by atoms with Crippen molar-refractivity contribution < 1.29 is 4.74 Å². The fourth-order valence-electron chi connectivity index (χ4n) is 2.94. The lowest BCUT2D eigenvalue weighted by Gasteiger charge is -2.30. The number of nitrogens with two attached hydrogens (primary N) is 1. The Kier molecular flexibility index (Phi) is 3.08. The summed E-state index contributed by atoms with van der Waals surface area (Å²) in [5.41, 5.74) is 1.82. The predicted molar refractivity (Wildman–Crippen MR) is 92.0 cm³/mol. The lowest BCUT2D eigenvalue weighted by Crippen LogP contribution is -2.34. The van der Waals surface area contributed by atoms with Crippen LogP contribution in [0.15, 0.2) is 35.1 Å². The molecule has 1 aliphatic rings. The highest BCUT2D eigenvalue weighted by Crippen LogP contribution is 2.32. The van der Waals surface area contributed by atoms with Gasteiger partial charge in [-0.15, -0.1) is 11.3 Å². The van der Waals surface area contributed by atoms with Crippen LogP contribution in [0.2, 0.25) is 0 Å². The number of fused-ring (bicyclic) bond motifs is 2. The van der Waals surface area contributed by atoms with E-state index in [0.29, 0.717) is 29.2 Å². The molecular weight excluding hydrogens is 310 g/mol. The molecular formula is C17H17N3O2S. The second kappa shape index (κ2) is 4.91. The molecule has 118 valence electrons. The van der Waals surface area contributed by atoms with Crippen molar-refractivity contribution in [3.63, 3.8) is 0 Å². The zero-order valence-corrected chi connectivity index (χ0v) is 13.8. The van der Waals surface area contributed by atoms with E-state index in [0.717, 1.165) is 16.0 Å². The third-order valence-corrected chi connectivity index (χ3v) is 5.34. The number of rotatable bonds is 1. The number of ether oxygens (including phenoxy) is 1. The van der Waals surface area contributed by atoms with E-state index < -0.39 is 0 Å². The SMILES string of the molecule is CC1(C)Cc2c(sc3c(nc(-c4ccccc4)n3N)c2=O)CO1. The first-order valence-corrected chi connectivity index (χ1v) is 8.30. The van der Waals surface area contributed by atoms with E-state index in [9.17, 15) is 4.79 Å². The van der Waals surface area contributed by atoms with Crippen LogP contribution in [0, 0.1) is 0 Å². The molecule has 3 aromatic rings. The largest absolute Gasteiger partial charge is 0.370 e. The average Bonchev–Trinajstić information content (AvgIpc) is 2.86. The van der Waals surface area contributed by atoms with Gasteiger partial charge in [0.25, 0.3) is 0 Å². The number of benzene rings is 1. The van der Waals surface area contributed by atoms with E-state index in [4.69, 9.17) is 10.6 Å². The van der Waals surface area contributed by atoms with Gasteiger partial charge in [-0.2, -0.15) is 0 Å². The molecule has 0 aliphatic carbocycles. The van der Waals surface area contributed by atoms with Gasteiger partial charge in [-0.25, -0.2) is 9.66 Å². The number of hydrogen-bond acceptors (Lipinski definition) is 5. The molecule has 1 aromatic carbocycles. The second-order valence-corrected chi connectivity index (χ2v) is 7.47. The van der Waals surface area contributed by atoms with Gasteiger partial charge in [0.2, 0.25) is 5.43 Å². The maximum absolute atomic E-state index is 12.9. The fraction of sp³-hybridized carbons (Fsp3) is 0.294. The molecule has 6 heteroatoms. The lowest BCUT2D eigenvalue weighted by molar-refractivity contribution is -0.0386. The first-order chi connectivity index (χ1) is 11.0. The molecule has 1 aliphatic heterocycles. The van der Waals surface area contributed by atoms with Crippen molar-refractivity contribution in [3.8, 4) is 11.4 Å². The van der Waals surface area contributed by atoms with E-state index in [1.165, 1.54) is 16.0 Å². The Balaban J connectivity index is 1.98. The molecule has 0 saturated heterocycles. The Morgan fingerprint density at radius 2 is 2.04 bits per heavy atom. The number of hydrogen-bond donors (Lipinski definition) is 1. The molecule has 0 unspecified atom stereocenters. The fourth-order valence-corrected chi connectivity index (χ4v) is 3.99. The molecule has 0 spiro atoms. The topological polar surface area (TPSA) is 70.1 Å². The van der Waals surface area contributed by atoms with Crippen LogP contribution < -0.4 is 11.3 Å². The standard InChI is InChI=1S/C17H17N3O2S/c1-17(2)8-11-12(9-22-17)23-16-13(14(11)21)19-15(20(16)18)10-6-4-3-5-7-10/h3-7H,8-9,18H2,1-2H3. The Morgan fingerprint density at radius 3 is 2.78 bits per heavy atom. The minimum Gasteiger partial charge on any atom is -0.370 e. The van der Waals surface area contributed by atoms with Crippen LogP contribution in [0.1, 0.15) is 24.3 Å². The summed E-state index contributed by atoms with van der Waals surface area (Å²) >= 11 is 1.50. The first kappa shape index (κ1) is 14.4. The first-order valence-electron chi connectivity index (χ1n) is 7.48. The van der Waals surface area contributed by atoms with Crippen LogP contribution in [0.3, 0.4) is 0 Å². The van der Waals surface area contributed by atoms with Crippen LogP contribution >= 0.6 is 11.3 Å². The molecule has 2 aromatic heterocycles. The van der Waals surface area contributed by atoms with Crippen molar-refractivity contribution in [2.75, 3.05) is 5.84 Å². The van der Waals surface area contributed by atoms with Crippen molar-refractivity contribution in [3.05, 3.63) is 51.0 Å². The molecule has 2 N–H and O–H groups in total. The lowest BCUT2D eigenvalue weighted by atomic mass is 9.96. The van der Waals surface area contributed by atoms with Gasteiger partial charge in [-0.1, -0.05) is 30.3 Å². The summed E-state index contributed by atoms with van der Waals surface area (Å²) in [5.74, 6) is 6.82. The van der Waals surface area contributed by atoms with Gasteiger partial charge >= 0.3 is 0 Å². The van der Waals surface area contributed by atoms with Gasteiger partial charge in [-0.05, 0) is 13.8 Å². The minimum atomic E-state index is -0.319. The van der Waals surface area contributed by atoms with E-state index in [1.807, 2.05) is 44.2 Å². The Morgan fingerprint density at radius 1 is 1.30 bits per heavy atom. The highest BCUT2D eigenvalue weighted by atomic mass is 32.1. The molecule has 23 heavy (non-hydrogen) atoms. The number of nitrogen functional groups attached to an aromatic ring is 1. The van der Waals surface area contributed by atoms with Crippen molar-refractivity contribution in [1.29, 1.82) is 0 Å². The summed E-state index contributed by atoms with van der Waals surface area (Å²) in [6, 6.07) is 9.67. The van der Waals surface area contributed by atoms with Gasteiger partial charge in [0.1, 0.15) is 10.3 Å². The Labute approximate surface area is 137 Å². The van der Waals surface area contributed by atoms with E-state index in [1.54, 1.807) is 0 Å². The molecule has 5 nitrogen and oxygen atoms in total. The molecule has 3 heterocycles. The summed E-state index contributed by atoms with van der Waals surface area (Å²) in [5, 5.41) is 0. The van der Waals surface area contributed by atoms with Gasteiger partial charge in [0.15, 0.2) is 5.82 Å². The molecule has 0 amide bonds. The summed E-state index contributed by atoms with van der Waals surface area (Å²) < 4.78 is 7.34. The Hall–Kier alpha value is -2.18. The minimum absolute atomic E-state index is 0.0218. The highest BCUT2D eigenvalue weighted by molar-refractivity contribution is 7.18. The van der Waals surface area contributed by atoms with Gasteiger partial charge in [0, 0.05) is 22.4 Å². The number of imidazole rings is 1. The predicted octanol–water partition coefficient (Wildman–Crippen LogP) is 2.69. The third-order valence-electron chi connectivity index (χ3n) is 4.14. The smallest absolute Gasteiger partial charge is 0.211 e. The Bertz CT molecular complexity index is 957. The van der Waals surface area contributed by atoms with Gasteiger partial charge in [0.05, 0.1) is 12.2 Å². The zero-order chi connectivity index (χ0) is 16.2. The molecule has 0 radical (unpaired) electrons. The zero-order valence-electron chi connectivity index (χ0n) is 13.0. The average molecular weight is 327 g/mol. The maximum atomic E-state index is 12.9. The van der Waals surface area contributed by atoms with E-state index in [-0.39, 0.29) is 11.0 Å². The van der Waals surface area contributed by atoms with Gasteiger partial charge in [-0.3, -0.25) is 4.79 Å². The molecule has 0 saturated carbocycles. The van der Waals surface area contributed by atoms with Gasteiger partial charge < -0.3 is 10.6 Å². The van der Waals surface area contributed by atoms with Crippen LogP contribution in [0.25, 0.3) is 21.7 Å². The summed E-state index contributed by atoms with van der Waals surface area (Å²) in [6.07, 6.45) is 0.603. The van der Waals surface area contributed by atoms with Crippen molar-refractivity contribution >= 4 is 21.7 Å². The maximum Gasteiger partial charge on any atom is 0.211 e. The van der Waals surface area contributed by atoms with Crippen molar-refractivity contribution in [2.24, 2.45) is 0 Å². The number of aromatic nitrogens is 2. The highest BCUT2D eigenvalue weighted by Gasteiger charge is 2.30. The van der Waals surface area contributed by atoms with E-state index >= 15 is 0 Å². The van der Waals surface area contributed by atoms with Crippen molar-refractivity contribution in [2.45, 2.75) is 32.5 Å². The van der Waals surface area contributed by atoms with Crippen molar-refractivity contribution in [1.82, 2.24) is 9.66 Å². The monoisotopic (exact) mass is 327 g/mol. The number of nitrogens with zero attached hydrogens (tertiary/aromatic N) is 2. The molecule has 0 atom stereocenters. The summed E-state index contributed by atoms with van der Waals surface area (Å²) in [6.45, 7) is 4.45. The van der Waals surface area contributed by atoms with Crippen LogP contribution in [0.5, 0.6) is 0 Å². The summed E-state index contributed by atoms with van der Waals surface area (Å²) in [4.78, 5) is 19.1. The van der Waals surface area contributed by atoms with E-state index in [2.05, 4.69) is 4.98 Å². The van der Waals surface area contributed by atoms with Crippen LogP contribution in [-0.2, 0) is 17.8 Å². The van der Waals surface area contributed by atoms with Crippen LogP contribution in [-0.4, -0.2) is 15.3 Å². The third kappa shape index (κ3) is 2.26. The molecule has 4 rings (SSSR count). The second-order valence-electron chi connectivity index (χ2n) is 6.38. The summed E-state index contributed by atoms with van der Waals surface area (Å²) in [7, 11) is 0. The quantitative estimate of drug-likeness (QED) is 0.698. The molecule has 0 fully saturated rings. The van der Waals surface area contributed by atoms with Crippen LogP contribution in [0.4, 0.5) is 0 Å². The normalized spacial score (nSPS) is 16.4. The molecule has 0 bridgehead atoms.